The Morgan fingerprint density at radius 3 is 2.42 bits per heavy atom. The Kier molecular flexibility index (Phi) is 5.51. The molecule has 0 heterocycles. The summed E-state index contributed by atoms with van der Waals surface area (Å²) in [5, 5.41) is 13.9. The van der Waals surface area contributed by atoms with E-state index >= 15 is 0 Å². The van der Waals surface area contributed by atoms with Crippen LogP contribution in [0.5, 0.6) is 5.75 Å². The molecular weight excluding hydrogens is 312 g/mol. The SMILES string of the molecule is C[C@H](OC(=O)c1cccc(O)c1)C(=O)NC(=O)Nc1ccccc1. The van der Waals surface area contributed by atoms with E-state index in [1.165, 1.54) is 31.2 Å². The second-order valence-corrected chi connectivity index (χ2v) is 4.91. The minimum atomic E-state index is -1.18. The van der Waals surface area contributed by atoms with Gasteiger partial charge in [0.1, 0.15) is 5.75 Å². The number of esters is 1. The van der Waals surface area contributed by atoms with Crippen LogP contribution in [0, 0.1) is 0 Å². The van der Waals surface area contributed by atoms with Gasteiger partial charge in [0.05, 0.1) is 5.56 Å². The normalized spacial score (nSPS) is 11.2. The molecule has 0 aliphatic rings. The Morgan fingerprint density at radius 2 is 1.75 bits per heavy atom. The van der Waals surface area contributed by atoms with E-state index < -0.39 is 24.0 Å². The number of para-hydroxylation sites is 1. The number of amides is 3. The fourth-order valence-corrected chi connectivity index (χ4v) is 1.81. The monoisotopic (exact) mass is 328 g/mol. The van der Waals surface area contributed by atoms with Crippen molar-refractivity contribution in [3.05, 3.63) is 60.2 Å². The molecule has 24 heavy (non-hydrogen) atoms. The van der Waals surface area contributed by atoms with Crippen molar-refractivity contribution >= 4 is 23.6 Å². The molecule has 2 aromatic carbocycles. The number of hydrogen-bond acceptors (Lipinski definition) is 5. The van der Waals surface area contributed by atoms with Crippen LogP contribution in [0.3, 0.4) is 0 Å². The van der Waals surface area contributed by atoms with Gasteiger partial charge in [0.25, 0.3) is 5.91 Å². The summed E-state index contributed by atoms with van der Waals surface area (Å²) in [7, 11) is 0. The van der Waals surface area contributed by atoms with Crippen molar-refractivity contribution in [1.82, 2.24) is 5.32 Å². The quantitative estimate of drug-likeness (QED) is 0.747. The number of anilines is 1. The summed E-state index contributed by atoms with van der Waals surface area (Å²) in [5.41, 5.74) is 0.621. The van der Waals surface area contributed by atoms with E-state index in [0.29, 0.717) is 5.69 Å². The summed E-state index contributed by atoms with van der Waals surface area (Å²) >= 11 is 0. The number of aromatic hydroxyl groups is 1. The van der Waals surface area contributed by atoms with Gasteiger partial charge in [-0.05, 0) is 37.3 Å². The Bertz CT molecular complexity index is 746. The summed E-state index contributed by atoms with van der Waals surface area (Å²) in [4.78, 5) is 35.5. The fraction of sp³-hybridized carbons (Fsp3) is 0.118. The van der Waals surface area contributed by atoms with E-state index in [-0.39, 0.29) is 11.3 Å². The van der Waals surface area contributed by atoms with Crippen molar-refractivity contribution in [3.8, 4) is 5.75 Å². The predicted octanol–water partition coefficient (Wildman–Crippen LogP) is 2.29. The molecule has 0 aliphatic carbocycles. The first kappa shape index (κ1) is 17.0. The molecule has 0 bridgehead atoms. The van der Waals surface area contributed by atoms with Crippen LogP contribution in [-0.2, 0) is 9.53 Å². The lowest BCUT2D eigenvalue weighted by molar-refractivity contribution is -0.127. The number of carbonyl (C=O) groups excluding carboxylic acids is 3. The molecule has 3 N–H and O–H groups in total. The van der Waals surface area contributed by atoms with Crippen LogP contribution in [-0.4, -0.2) is 29.1 Å². The van der Waals surface area contributed by atoms with Gasteiger partial charge in [-0.25, -0.2) is 9.59 Å². The second-order valence-electron chi connectivity index (χ2n) is 4.91. The van der Waals surface area contributed by atoms with Crippen LogP contribution >= 0.6 is 0 Å². The number of ether oxygens (including phenoxy) is 1. The largest absolute Gasteiger partial charge is 0.508 e. The molecule has 0 aliphatic heterocycles. The number of urea groups is 1. The number of imide groups is 1. The van der Waals surface area contributed by atoms with E-state index in [9.17, 15) is 19.5 Å². The number of rotatable bonds is 4. The van der Waals surface area contributed by atoms with Gasteiger partial charge in [-0.3, -0.25) is 10.1 Å². The van der Waals surface area contributed by atoms with E-state index in [4.69, 9.17) is 4.74 Å². The third-order valence-electron chi connectivity index (χ3n) is 3.00. The van der Waals surface area contributed by atoms with Crippen LogP contribution < -0.4 is 10.6 Å². The third-order valence-corrected chi connectivity index (χ3v) is 3.00. The van der Waals surface area contributed by atoms with E-state index in [1.807, 2.05) is 0 Å². The van der Waals surface area contributed by atoms with Crippen molar-refractivity contribution in [3.63, 3.8) is 0 Å². The van der Waals surface area contributed by atoms with Gasteiger partial charge in [-0.1, -0.05) is 24.3 Å². The number of hydrogen-bond donors (Lipinski definition) is 3. The zero-order chi connectivity index (χ0) is 17.5. The maximum Gasteiger partial charge on any atom is 0.339 e. The second kappa shape index (κ2) is 7.77. The van der Waals surface area contributed by atoms with Crippen molar-refractivity contribution in [1.29, 1.82) is 0 Å². The molecule has 2 aromatic rings. The molecule has 0 saturated heterocycles. The zero-order valence-corrected chi connectivity index (χ0v) is 12.9. The summed E-state index contributed by atoms with van der Waals surface area (Å²) in [6.07, 6.45) is -1.18. The Morgan fingerprint density at radius 1 is 1.04 bits per heavy atom. The van der Waals surface area contributed by atoms with Crippen LogP contribution in [0.4, 0.5) is 10.5 Å². The van der Waals surface area contributed by atoms with Crippen LogP contribution in [0.1, 0.15) is 17.3 Å². The van der Waals surface area contributed by atoms with Crippen LogP contribution in [0.2, 0.25) is 0 Å². The maximum absolute atomic E-state index is 11.9. The smallest absolute Gasteiger partial charge is 0.339 e. The average molecular weight is 328 g/mol. The number of phenolic OH excluding ortho intramolecular Hbond substituents is 1. The Hall–Kier alpha value is -3.35. The lowest BCUT2D eigenvalue weighted by atomic mass is 10.2. The molecule has 124 valence electrons. The van der Waals surface area contributed by atoms with Crippen LogP contribution in [0.25, 0.3) is 0 Å². The van der Waals surface area contributed by atoms with Gasteiger partial charge in [0, 0.05) is 5.69 Å². The lowest BCUT2D eigenvalue weighted by Crippen LogP contribution is -2.41. The molecule has 0 fully saturated rings. The molecule has 0 saturated carbocycles. The number of nitrogens with one attached hydrogen (secondary N) is 2. The molecule has 0 unspecified atom stereocenters. The Balaban J connectivity index is 1.87. The fourth-order valence-electron chi connectivity index (χ4n) is 1.81. The highest BCUT2D eigenvalue weighted by molar-refractivity contribution is 6.03. The molecule has 0 spiro atoms. The minimum Gasteiger partial charge on any atom is -0.508 e. The molecule has 7 nitrogen and oxygen atoms in total. The lowest BCUT2D eigenvalue weighted by Gasteiger charge is -2.13. The van der Waals surface area contributed by atoms with Crippen molar-refractivity contribution in [2.75, 3.05) is 5.32 Å². The molecule has 7 heteroatoms. The Labute approximate surface area is 138 Å². The molecule has 2 rings (SSSR count). The van der Waals surface area contributed by atoms with Gasteiger partial charge >= 0.3 is 12.0 Å². The van der Waals surface area contributed by atoms with Gasteiger partial charge in [-0.2, -0.15) is 0 Å². The summed E-state index contributed by atoms with van der Waals surface area (Å²) < 4.78 is 4.96. The van der Waals surface area contributed by atoms with Crippen molar-refractivity contribution in [2.45, 2.75) is 13.0 Å². The van der Waals surface area contributed by atoms with Gasteiger partial charge in [-0.15, -0.1) is 0 Å². The number of carbonyl (C=O) groups is 3. The van der Waals surface area contributed by atoms with Crippen molar-refractivity contribution < 1.29 is 24.2 Å². The first-order valence-corrected chi connectivity index (χ1v) is 7.12. The van der Waals surface area contributed by atoms with Gasteiger partial charge in [0.15, 0.2) is 6.10 Å². The predicted molar refractivity (Wildman–Crippen MR) is 86.6 cm³/mol. The maximum atomic E-state index is 11.9. The van der Waals surface area contributed by atoms with Gasteiger partial charge in [0.2, 0.25) is 0 Å². The zero-order valence-electron chi connectivity index (χ0n) is 12.9. The summed E-state index contributed by atoms with van der Waals surface area (Å²) in [6.45, 7) is 1.34. The standard InChI is InChI=1S/C17H16N2O5/c1-11(24-16(22)12-6-5-9-14(20)10-12)15(21)19-17(23)18-13-7-3-2-4-8-13/h2-11,20H,1H3,(H2,18,19,21,23)/t11-/m0/s1. The van der Waals surface area contributed by atoms with Crippen LogP contribution in [0.15, 0.2) is 54.6 Å². The molecular formula is C17H16N2O5. The molecule has 0 aromatic heterocycles. The molecule has 1 atom stereocenters. The molecule has 0 radical (unpaired) electrons. The molecule has 3 amide bonds. The first-order chi connectivity index (χ1) is 11.5. The number of benzene rings is 2. The topological polar surface area (TPSA) is 105 Å². The highest BCUT2D eigenvalue weighted by Gasteiger charge is 2.21. The highest BCUT2D eigenvalue weighted by atomic mass is 16.5. The highest BCUT2D eigenvalue weighted by Crippen LogP contribution is 2.12. The van der Waals surface area contributed by atoms with Gasteiger partial charge < -0.3 is 15.2 Å². The average Bonchev–Trinajstić information content (AvgIpc) is 2.55. The van der Waals surface area contributed by atoms with E-state index in [2.05, 4.69) is 10.6 Å². The van der Waals surface area contributed by atoms with E-state index in [1.54, 1.807) is 30.3 Å². The first-order valence-electron chi connectivity index (χ1n) is 7.12. The minimum absolute atomic E-state index is 0.0937. The third kappa shape index (κ3) is 4.84. The van der Waals surface area contributed by atoms with Crippen molar-refractivity contribution in [2.24, 2.45) is 0 Å². The van der Waals surface area contributed by atoms with E-state index in [0.717, 1.165) is 0 Å². The summed E-state index contributed by atoms with van der Waals surface area (Å²) in [5.74, 6) is -1.64. The number of phenols is 1. The summed E-state index contributed by atoms with van der Waals surface area (Å²) in [6, 6.07) is 13.4.